The maximum absolute atomic E-state index is 12.3. The molecule has 4 nitrogen and oxygen atoms in total. The molecule has 0 saturated carbocycles. The number of rotatable bonds is 3. The Bertz CT molecular complexity index is 730. The second-order valence-corrected chi connectivity index (χ2v) is 7.76. The third-order valence-electron chi connectivity index (χ3n) is 3.09. The SMILES string of the molecule is Cc1ccc(S(=O)(=O)Nc2cccc(C(C)(C)C)n2)cc1. The van der Waals surface area contributed by atoms with Crippen LogP contribution in [0, 0.1) is 6.92 Å². The summed E-state index contributed by atoms with van der Waals surface area (Å²) in [7, 11) is -3.60. The molecule has 112 valence electrons. The molecule has 5 heteroatoms. The fraction of sp³-hybridized carbons (Fsp3) is 0.312. The molecule has 2 aromatic rings. The Hall–Kier alpha value is -1.88. The zero-order chi connectivity index (χ0) is 15.7. The number of hydrogen-bond donors (Lipinski definition) is 1. The molecule has 0 fully saturated rings. The summed E-state index contributed by atoms with van der Waals surface area (Å²) >= 11 is 0. The van der Waals surface area contributed by atoms with E-state index in [-0.39, 0.29) is 10.3 Å². The maximum atomic E-state index is 12.3. The number of hydrogen-bond acceptors (Lipinski definition) is 3. The minimum Gasteiger partial charge on any atom is -0.263 e. The van der Waals surface area contributed by atoms with Gasteiger partial charge in [0.2, 0.25) is 0 Å². The molecule has 0 saturated heterocycles. The van der Waals surface area contributed by atoms with Crippen LogP contribution < -0.4 is 4.72 Å². The molecular formula is C16H20N2O2S. The summed E-state index contributed by atoms with van der Waals surface area (Å²) in [6.45, 7) is 8.02. The normalized spacial score (nSPS) is 12.2. The van der Waals surface area contributed by atoms with Gasteiger partial charge in [-0.25, -0.2) is 13.4 Å². The first-order chi connectivity index (χ1) is 9.68. The molecule has 0 spiro atoms. The van der Waals surface area contributed by atoms with Crippen molar-refractivity contribution in [2.75, 3.05) is 4.72 Å². The van der Waals surface area contributed by atoms with E-state index < -0.39 is 10.0 Å². The van der Waals surface area contributed by atoms with Gasteiger partial charge in [-0.15, -0.1) is 0 Å². The van der Waals surface area contributed by atoms with Crippen LogP contribution in [0.15, 0.2) is 47.4 Å². The number of aromatic nitrogens is 1. The van der Waals surface area contributed by atoms with Crippen molar-refractivity contribution in [1.82, 2.24) is 4.98 Å². The van der Waals surface area contributed by atoms with E-state index in [2.05, 4.69) is 9.71 Å². The first kappa shape index (κ1) is 15.5. The van der Waals surface area contributed by atoms with Crippen LogP contribution in [0.1, 0.15) is 32.0 Å². The number of pyridine rings is 1. The zero-order valence-electron chi connectivity index (χ0n) is 12.7. The smallest absolute Gasteiger partial charge is 0.263 e. The molecule has 0 aliphatic rings. The highest BCUT2D eigenvalue weighted by Gasteiger charge is 2.18. The van der Waals surface area contributed by atoms with Crippen LogP contribution in [0.5, 0.6) is 0 Å². The van der Waals surface area contributed by atoms with Gasteiger partial charge in [0.05, 0.1) is 4.90 Å². The van der Waals surface area contributed by atoms with Gasteiger partial charge >= 0.3 is 0 Å². The average molecular weight is 304 g/mol. The van der Waals surface area contributed by atoms with Crippen LogP contribution >= 0.6 is 0 Å². The second kappa shape index (κ2) is 5.48. The van der Waals surface area contributed by atoms with Crippen LogP contribution in [-0.4, -0.2) is 13.4 Å². The fourth-order valence-corrected chi connectivity index (χ4v) is 2.82. The van der Waals surface area contributed by atoms with E-state index in [4.69, 9.17) is 0 Å². The number of nitrogens with zero attached hydrogens (tertiary/aromatic N) is 1. The molecule has 1 N–H and O–H groups in total. The summed E-state index contributed by atoms with van der Waals surface area (Å²) < 4.78 is 27.2. The Morgan fingerprint density at radius 2 is 1.62 bits per heavy atom. The summed E-state index contributed by atoms with van der Waals surface area (Å²) in [6.07, 6.45) is 0. The summed E-state index contributed by atoms with van der Waals surface area (Å²) in [4.78, 5) is 4.61. The van der Waals surface area contributed by atoms with Crippen molar-refractivity contribution in [3.05, 3.63) is 53.7 Å². The molecule has 1 heterocycles. The van der Waals surface area contributed by atoms with E-state index in [0.717, 1.165) is 11.3 Å². The van der Waals surface area contributed by atoms with Crippen molar-refractivity contribution in [3.8, 4) is 0 Å². The lowest BCUT2D eigenvalue weighted by atomic mass is 9.92. The van der Waals surface area contributed by atoms with Crippen LogP contribution in [0.2, 0.25) is 0 Å². The fourth-order valence-electron chi connectivity index (χ4n) is 1.82. The van der Waals surface area contributed by atoms with Crippen molar-refractivity contribution in [3.63, 3.8) is 0 Å². The van der Waals surface area contributed by atoms with E-state index in [1.807, 2.05) is 33.8 Å². The van der Waals surface area contributed by atoms with Crippen LogP contribution in [0.4, 0.5) is 5.82 Å². The minimum atomic E-state index is -3.60. The second-order valence-electron chi connectivity index (χ2n) is 6.08. The highest BCUT2D eigenvalue weighted by atomic mass is 32.2. The number of benzene rings is 1. The number of anilines is 1. The van der Waals surface area contributed by atoms with Gasteiger partial charge in [0.25, 0.3) is 10.0 Å². The maximum Gasteiger partial charge on any atom is 0.263 e. The Morgan fingerprint density at radius 3 is 2.19 bits per heavy atom. The van der Waals surface area contributed by atoms with Crippen LogP contribution in [0.3, 0.4) is 0 Å². The van der Waals surface area contributed by atoms with E-state index in [1.165, 1.54) is 0 Å². The van der Waals surface area contributed by atoms with E-state index in [1.54, 1.807) is 36.4 Å². The lowest BCUT2D eigenvalue weighted by Crippen LogP contribution is -2.17. The summed E-state index contributed by atoms with van der Waals surface area (Å²) in [5.74, 6) is 0.336. The molecule has 1 aromatic heterocycles. The van der Waals surface area contributed by atoms with Crippen molar-refractivity contribution in [2.45, 2.75) is 38.0 Å². The first-order valence-corrected chi connectivity index (χ1v) is 8.24. The number of nitrogens with one attached hydrogen (secondary N) is 1. The molecule has 0 radical (unpaired) electrons. The predicted molar refractivity (Wildman–Crippen MR) is 84.9 cm³/mol. The lowest BCUT2D eigenvalue weighted by molar-refractivity contribution is 0.569. The highest BCUT2D eigenvalue weighted by Crippen LogP contribution is 2.22. The monoisotopic (exact) mass is 304 g/mol. The molecular weight excluding hydrogens is 284 g/mol. The lowest BCUT2D eigenvalue weighted by Gasteiger charge is -2.18. The minimum absolute atomic E-state index is 0.134. The standard InChI is InChI=1S/C16H20N2O2S/c1-12-8-10-13(11-9-12)21(19,20)18-15-7-5-6-14(17-15)16(2,3)4/h5-11H,1-4H3,(H,17,18). The number of aryl methyl sites for hydroxylation is 1. The Labute approximate surface area is 126 Å². The molecule has 0 unspecified atom stereocenters. The topological polar surface area (TPSA) is 59.1 Å². The molecule has 1 aromatic carbocycles. The molecule has 0 amide bonds. The molecule has 0 bridgehead atoms. The Morgan fingerprint density at radius 1 is 1.00 bits per heavy atom. The highest BCUT2D eigenvalue weighted by molar-refractivity contribution is 7.92. The third kappa shape index (κ3) is 3.82. The van der Waals surface area contributed by atoms with E-state index in [9.17, 15) is 8.42 Å². The van der Waals surface area contributed by atoms with Crippen molar-refractivity contribution < 1.29 is 8.42 Å². The van der Waals surface area contributed by atoms with Gasteiger partial charge in [0.15, 0.2) is 0 Å². The van der Waals surface area contributed by atoms with Gasteiger partial charge in [-0.05, 0) is 31.2 Å². The summed E-state index contributed by atoms with van der Waals surface area (Å²) in [5.41, 5.74) is 1.72. The van der Waals surface area contributed by atoms with Crippen molar-refractivity contribution in [2.24, 2.45) is 0 Å². The van der Waals surface area contributed by atoms with Gasteiger partial charge in [0.1, 0.15) is 5.82 Å². The average Bonchev–Trinajstić information content (AvgIpc) is 2.38. The Kier molecular flexibility index (Phi) is 4.05. The summed E-state index contributed by atoms with van der Waals surface area (Å²) in [5, 5.41) is 0. The summed E-state index contributed by atoms with van der Waals surface area (Å²) in [6, 6.07) is 12.1. The predicted octanol–water partition coefficient (Wildman–Crippen LogP) is 3.49. The van der Waals surface area contributed by atoms with E-state index >= 15 is 0 Å². The van der Waals surface area contributed by atoms with Gasteiger partial charge in [-0.3, -0.25) is 4.72 Å². The Balaban J connectivity index is 2.31. The molecule has 0 aliphatic heterocycles. The molecule has 21 heavy (non-hydrogen) atoms. The van der Waals surface area contributed by atoms with Crippen LogP contribution in [0.25, 0.3) is 0 Å². The molecule has 0 aliphatic carbocycles. The quantitative estimate of drug-likeness (QED) is 0.944. The van der Waals surface area contributed by atoms with Crippen LogP contribution in [-0.2, 0) is 15.4 Å². The number of sulfonamides is 1. The van der Waals surface area contributed by atoms with Crippen molar-refractivity contribution >= 4 is 15.8 Å². The van der Waals surface area contributed by atoms with Crippen molar-refractivity contribution in [1.29, 1.82) is 0 Å². The molecule has 2 rings (SSSR count). The zero-order valence-corrected chi connectivity index (χ0v) is 13.5. The van der Waals surface area contributed by atoms with Gasteiger partial charge in [0, 0.05) is 11.1 Å². The first-order valence-electron chi connectivity index (χ1n) is 6.75. The molecule has 0 atom stereocenters. The van der Waals surface area contributed by atoms with Gasteiger partial charge in [-0.2, -0.15) is 0 Å². The largest absolute Gasteiger partial charge is 0.263 e. The van der Waals surface area contributed by atoms with Gasteiger partial charge < -0.3 is 0 Å². The van der Waals surface area contributed by atoms with Gasteiger partial charge in [-0.1, -0.05) is 44.5 Å². The third-order valence-corrected chi connectivity index (χ3v) is 4.46. The van der Waals surface area contributed by atoms with E-state index in [0.29, 0.717) is 5.82 Å².